The van der Waals surface area contributed by atoms with Gasteiger partial charge in [-0.15, -0.1) is 0 Å². The lowest BCUT2D eigenvalue weighted by atomic mass is 9.49. The third kappa shape index (κ3) is 3.79. The highest BCUT2D eigenvalue weighted by molar-refractivity contribution is 6.01. The van der Waals surface area contributed by atoms with Crippen LogP contribution >= 0.6 is 0 Å². The number of amides is 2. The van der Waals surface area contributed by atoms with Crippen LogP contribution in [0.5, 0.6) is 0 Å². The Kier molecular flexibility index (Phi) is 5.17. The number of hydrogen-bond donors (Lipinski definition) is 3. The first-order chi connectivity index (χ1) is 13.8. The monoisotopic (exact) mass is 401 g/mol. The molecule has 2 amide bonds. The molecule has 4 aliphatic rings. The molecule has 7 nitrogen and oxygen atoms in total. The van der Waals surface area contributed by atoms with E-state index in [1.807, 2.05) is 0 Å². The van der Waals surface area contributed by atoms with E-state index in [1.165, 1.54) is 19.3 Å². The van der Waals surface area contributed by atoms with E-state index in [-0.39, 0.29) is 23.6 Å². The van der Waals surface area contributed by atoms with Gasteiger partial charge in [-0.05, 0) is 88.0 Å². The van der Waals surface area contributed by atoms with E-state index in [1.54, 1.807) is 20.8 Å². The van der Waals surface area contributed by atoms with Gasteiger partial charge in [0.15, 0.2) is 0 Å². The van der Waals surface area contributed by atoms with Gasteiger partial charge in [-0.1, -0.05) is 0 Å². The fourth-order valence-electron chi connectivity index (χ4n) is 6.57. The first-order valence-corrected chi connectivity index (χ1v) is 10.8. The normalized spacial score (nSPS) is 29.6. The number of carbonyl (C=O) groups excluding carboxylic acids is 3. The molecule has 4 aliphatic carbocycles. The third-order valence-corrected chi connectivity index (χ3v) is 7.16. The number of esters is 1. The Balaban J connectivity index is 1.36. The third-order valence-electron chi connectivity index (χ3n) is 7.16. The number of aromatic amines is 1. The summed E-state index contributed by atoms with van der Waals surface area (Å²) in [5, 5.41) is 0. The van der Waals surface area contributed by atoms with Crippen LogP contribution in [0.2, 0.25) is 0 Å². The summed E-state index contributed by atoms with van der Waals surface area (Å²) in [7, 11) is 0. The number of aromatic nitrogens is 1. The Morgan fingerprint density at radius 1 is 1.03 bits per heavy atom. The molecule has 0 spiro atoms. The fourth-order valence-corrected chi connectivity index (χ4v) is 6.57. The van der Waals surface area contributed by atoms with Gasteiger partial charge in [-0.2, -0.15) is 0 Å². The van der Waals surface area contributed by atoms with Crippen LogP contribution in [0.4, 0.5) is 0 Å². The number of rotatable bonds is 5. The maximum Gasteiger partial charge on any atom is 0.340 e. The van der Waals surface area contributed by atoms with Gasteiger partial charge < -0.3 is 9.72 Å². The van der Waals surface area contributed by atoms with Gasteiger partial charge in [0.05, 0.1) is 12.2 Å². The number of nitrogens with one attached hydrogen (secondary N) is 3. The summed E-state index contributed by atoms with van der Waals surface area (Å²) in [6.45, 7) is 5.43. The molecule has 1 aromatic rings. The van der Waals surface area contributed by atoms with E-state index >= 15 is 0 Å². The SMILES string of the molecule is CCOC(=O)c1c(C)[nH]c(C(=O)NNC(=O)CC23CC4CC(CC(C4)C2)C3)c1C. The summed E-state index contributed by atoms with van der Waals surface area (Å²) < 4.78 is 5.05. The minimum atomic E-state index is -0.458. The van der Waals surface area contributed by atoms with E-state index in [9.17, 15) is 14.4 Å². The number of aryl methyl sites for hydroxylation is 1. The molecule has 4 bridgehead atoms. The Hall–Kier alpha value is -2.31. The summed E-state index contributed by atoms with van der Waals surface area (Å²) in [5.41, 5.74) is 6.96. The van der Waals surface area contributed by atoms with Gasteiger partial charge in [0.2, 0.25) is 5.91 Å². The van der Waals surface area contributed by atoms with Crippen molar-refractivity contribution in [3.05, 3.63) is 22.5 Å². The van der Waals surface area contributed by atoms with Gasteiger partial charge in [0, 0.05) is 12.1 Å². The average molecular weight is 402 g/mol. The van der Waals surface area contributed by atoms with E-state index in [4.69, 9.17) is 4.74 Å². The highest BCUT2D eigenvalue weighted by Crippen LogP contribution is 2.61. The van der Waals surface area contributed by atoms with Crippen molar-refractivity contribution >= 4 is 17.8 Å². The molecule has 5 rings (SSSR count). The molecule has 29 heavy (non-hydrogen) atoms. The fraction of sp³-hybridized carbons (Fsp3) is 0.682. The van der Waals surface area contributed by atoms with Gasteiger partial charge in [-0.25, -0.2) is 4.79 Å². The van der Waals surface area contributed by atoms with Crippen molar-refractivity contribution in [1.82, 2.24) is 15.8 Å². The lowest BCUT2D eigenvalue weighted by Gasteiger charge is -2.56. The zero-order valence-electron chi connectivity index (χ0n) is 17.5. The number of H-pyrrole nitrogens is 1. The van der Waals surface area contributed by atoms with E-state index in [0.717, 1.165) is 37.0 Å². The van der Waals surface area contributed by atoms with Crippen LogP contribution in [0.1, 0.15) is 84.0 Å². The van der Waals surface area contributed by atoms with Gasteiger partial charge >= 0.3 is 5.97 Å². The Labute approximate surface area is 171 Å². The predicted molar refractivity (Wildman–Crippen MR) is 107 cm³/mol. The van der Waals surface area contributed by atoms with Crippen molar-refractivity contribution in [3.63, 3.8) is 0 Å². The lowest BCUT2D eigenvalue weighted by molar-refractivity contribution is -0.130. The summed E-state index contributed by atoms with van der Waals surface area (Å²) in [6, 6.07) is 0. The topological polar surface area (TPSA) is 100 Å². The van der Waals surface area contributed by atoms with Crippen LogP contribution in [0.3, 0.4) is 0 Å². The van der Waals surface area contributed by atoms with Crippen LogP contribution in [0, 0.1) is 37.0 Å². The summed E-state index contributed by atoms with van der Waals surface area (Å²) >= 11 is 0. The quantitative estimate of drug-likeness (QED) is 0.521. The molecular formula is C22H31N3O4. The van der Waals surface area contributed by atoms with Crippen molar-refractivity contribution in [1.29, 1.82) is 0 Å². The molecular weight excluding hydrogens is 370 g/mol. The Bertz CT molecular complexity index is 806. The molecule has 0 aromatic carbocycles. The molecule has 1 heterocycles. The molecule has 158 valence electrons. The number of carbonyl (C=O) groups is 3. The average Bonchev–Trinajstić information content (AvgIpc) is 2.92. The second-order valence-corrected chi connectivity index (χ2v) is 9.44. The number of hydrazine groups is 1. The van der Waals surface area contributed by atoms with Crippen molar-refractivity contribution in [2.75, 3.05) is 6.61 Å². The zero-order valence-corrected chi connectivity index (χ0v) is 17.5. The molecule has 0 aliphatic heterocycles. The van der Waals surface area contributed by atoms with Gasteiger partial charge in [0.25, 0.3) is 5.91 Å². The molecule has 1 aromatic heterocycles. The second kappa shape index (κ2) is 7.50. The van der Waals surface area contributed by atoms with Crippen molar-refractivity contribution in [2.24, 2.45) is 23.2 Å². The standard InChI is InChI=1S/C22H31N3O4/c1-4-29-21(28)18-12(2)19(23-13(18)3)20(27)25-24-17(26)11-22-8-14-5-15(9-22)7-16(6-14)10-22/h14-16,23H,4-11H2,1-3H3,(H,24,26)(H,25,27). The van der Waals surface area contributed by atoms with Gasteiger partial charge in [-0.3, -0.25) is 20.4 Å². The maximum atomic E-state index is 12.6. The predicted octanol–water partition coefficient (Wildman–Crippen LogP) is 3.18. The number of ether oxygens (including phenoxy) is 1. The minimum Gasteiger partial charge on any atom is -0.462 e. The maximum absolute atomic E-state index is 12.6. The van der Waals surface area contributed by atoms with E-state index < -0.39 is 11.9 Å². The molecule has 4 saturated carbocycles. The van der Waals surface area contributed by atoms with Crippen LogP contribution in [0.25, 0.3) is 0 Å². The largest absolute Gasteiger partial charge is 0.462 e. The van der Waals surface area contributed by atoms with Gasteiger partial charge in [0.1, 0.15) is 5.69 Å². The van der Waals surface area contributed by atoms with Crippen molar-refractivity contribution in [3.8, 4) is 0 Å². The molecule has 7 heteroatoms. The molecule has 4 fully saturated rings. The van der Waals surface area contributed by atoms with Crippen LogP contribution in [0.15, 0.2) is 0 Å². The molecule has 0 unspecified atom stereocenters. The van der Waals surface area contributed by atoms with Crippen LogP contribution in [-0.2, 0) is 9.53 Å². The Morgan fingerprint density at radius 3 is 2.17 bits per heavy atom. The summed E-state index contributed by atoms with van der Waals surface area (Å²) in [5.74, 6) is 1.31. The molecule has 0 saturated heterocycles. The van der Waals surface area contributed by atoms with Crippen LogP contribution in [-0.4, -0.2) is 29.4 Å². The van der Waals surface area contributed by atoms with Crippen molar-refractivity contribution < 1.29 is 19.1 Å². The van der Waals surface area contributed by atoms with E-state index in [2.05, 4.69) is 15.8 Å². The smallest absolute Gasteiger partial charge is 0.340 e. The Morgan fingerprint density at radius 2 is 1.62 bits per heavy atom. The summed E-state index contributed by atoms with van der Waals surface area (Å²) in [6.07, 6.45) is 7.95. The molecule has 3 N–H and O–H groups in total. The second-order valence-electron chi connectivity index (χ2n) is 9.44. The highest BCUT2D eigenvalue weighted by atomic mass is 16.5. The number of hydrogen-bond acceptors (Lipinski definition) is 4. The minimum absolute atomic E-state index is 0.125. The summed E-state index contributed by atoms with van der Waals surface area (Å²) in [4.78, 5) is 40.2. The van der Waals surface area contributed by atoms with Crippen LogP contribution < -0.4 is 10.9 Å². The van der Waals surface area contributed by atoms with E-state index in [0.29, 0.717) is 23.2 Å². The highest BCUT2D eigenvalue weighted by Gasteiger charge is 2.51. The lowest BCUT2D eigenvalue weighted by Crippen LogP contribution is -2.50. The zero-order chi connectivity index (χ0) is 20.8. The van der Waals surface area contributed by atoms with Crippen molar-refractivity contribution in [2.45, 2.75) is 65.7 Å². The molecule has 0 radical (unpaired) electrons. The first kappa shape index (κ1) is 20.0. The molecule has 0 atom stereocenters. The first-order valence-electron chi connectivity index (χ1n) is 10.8.